The molecule has 1 aliphatic rings. The maximum atomic E-state index is 11.8. The van der Waals surface area contributed by atoms with Crippen LogP contribution in [0.15, 0.2) is 36.4 Å². The zero-order chi connectivity index (χ0) is 18.1. The van der Waals surface area contributed by atoms with Crippen molar-refractivity contribution >= 4 is 17.6 Å². The fourth-order valence-corrected chi connectivity index (χ4v) is 2.62. The Balaban J connectivity index is 2.05. The van der Waals surface area contributed by atoms with Gasteiger partial charge >= 0.3 is 5.97 Å². The van der Waals surface area contributed by atoms with Crippen molar-refractivity contribution in [2.75, 3.05) is 5.32 Å². The number of hydrogen-bond acceptors (Lipinski definition) is 4. The number of carbonyl (C=O) groups excluding carboxylic acids is 1. The normalized spacial score (nSPS) is 16.0. The molecule has 0 spiro atoms. The first-order valence-corrected chi connectivity index (χ1v) is 8.01. The third kappa shape index (κ3) is 3.42. The Morgan fingerprint density at radius 2 is 2.00 bits per heavy atom. The summed E-state index contributed by atoms with van der Waals surface area (Å²) in [4.78, 5) is 23.0. The van der Waals surface area contributed by atoms with Crippen molar-refractivity contribution in [1.82, 2.24) is 0 Å². The average molecular weight is 341 g/mol. The molecule has 0 bridgehead atoms. The van der Waals surface area contributed by atoms with Gasteiger partial charge in [0.15, 0.2) is 6.10 Å². The van der Waals surface area contributed by atoms with Crippen LogP contribution in [-0.2, 0) is 4.79 Å². The summed E-state index contributed by atoms with van der Waals surface area (Å²) in [7, 11) is 0. The van der Waals surface area contributed by atoms with Gasteiger partial charge in [-0.3, -0.25) is 4.79 Å². The van der Waals surface area contributed by atoms with E-state index in [4.69, 9.17) is 9.47 Å². The molecule has 130 valence electrons. The summed E-state index contributed by atoms with van der Waals surface area (Å²) in [6, 6.07) is 10.2. The van der Waals surface area contributed by atoms with Crippen molar-refractivity contribution < 1.29 is 24.2 Å². The van der Waals surface area contributed by atoms with Crippen molar-refractivity contribution in [2.45, 2.75) is 33.0 Å². The fourth-order valence-electron chi connectivity index (χ4n) is 2.62. The zero-order valence-corrected chi connectivity index (χ0v) is 14.2. The Kier molecular flexibility index (Phi) is 4.35. The van der Waals surface area contributed by atoms with Crippen LogP contribution in [0.3, 0.4) is 0 Å². The van der Waals surface area contributed by atoms with Crippen LogP contribution in [-0.4, -0.2) is 29.2 Å². The third-order valence-electron chi connectivity index (χ3n) is 3.81. The van der Waals surface area contributed by atoms with Gasteiger partial charge < -0.3 is 19.9 Å². The van der Waals surface area contributed by atoms with Crippen molar-refractivity contribution in [3.05, 3.63) is 42.0 Å². The number of rotatable bonds is 4. The lowest BCUT2D eigenvalue weighted by molar-refractivity contribution is -0.122. The number of amides is 1. The van der Waals surface area contributed by atoms with Gasteiger partial charge in [0, 0.05) is 5.56 Å². The standard InChI is InChI=1S/C19H19NO5/c1-10(2)24-17-9-13(19(22)23)4-6-14(17)12-5-7-16-15(8-12)20-18(21)11(3)25-16/h4-11H,1-3H3,(H,20,21)(H,22,23). The number of fused-ring (bicyclic) bond motifs is 1. The molecule has 6 nitrogen and oxygen atoms in total. The highest BCUT2D eigenvalue weighted by Gasteiger charge is 2.24. The molecule has 2 N–H and O–H groups in total. The largest absolute Gasteiger partial charge is 0.490 e. The van der Waals surface area contributed by atoms with Crippen LogP contribution in [0.4, 0.5) is 5.69 Å². The molecule has 25 heavy (non-hydrogen) atoms. The minimum absolute atomic E-state index is 0.107. The van der Waals surface area contributed by atoms with Crippen molar-refractivity contribution in [2.24, 2.45) is 0 Å². The number of carbonyl (C=O) groups is 2. The van der Waals surface area contributed by atoms with E-state index in [-0.39, 0.29) is 17.6 Å². The molecule has 0 aromatic heterocycles. The average Bonchev–Trinajstić information content (AvgIpc) is 2.55. The fraction of sp³-hybridized carbons (Fsp3) is 0.263. The summed E-state index contributed by atoms with van der Waals surface area (Å²) >= 11 is 0. The molecule has 1 unspecified atom stereocenters. The van der Waals surface area contributed by atoms with Crippen molar-refractivity contribution in [3.8, 4) is 22.6 Å². The molecule has 3 rings (SSSR count). The van der Waals surface area contributed by atoms with Crippen LogP contribution in [0.25, 0.3) is 11.1 Å². The van der Waals surface area contributed by atoms with Gasteiger partial charge in [-0.1, -0.05) is 6.07 Å². The summed E-state index contributed by atoms with van der Waals surface area (Å²) in [5.41, 5.74) is 2.28. The Morgan fingerprint density at radius 3 is 2.68 bits per heavy atom. The first-order chi connectivity index (χ1) is 11.8. The van der Waals surface area contributed by atoms with Gasteiger partial charge in [-0.2, -0.15) is 0 Å². The molecule has 0 radical (unpaired) electrons. The van der Waals surface area contributed by atoms with Crippen LogP contribution >= 0.6 is 0 Å². The van der Waals surface area contributed by atoms with Gasteiger partial charge in [-0.25, -0.2) is 4.79 Å². The second-order valence-electron chi connectivity index (χ2n) is 6.14. The second kappa shape index (κ2) is 6.47. The minimum atomic E-state index is -1.01. The maximum Gasteiger partial charge on any atom is 0.335 e. The molecule has 2 aromatic carbocycles. The third-order valence-corrected chi connectivity index (χ3v) is 3.81. The summed E-state index contributed by atoms with van der Waals surface area (Å²) in [5, 5.41) is 12.0. The number of hydrogen-bond donors (Lipinski definition) is 2. The van der Waals surface area contributed by atoms with Gasteiger partial charge in [0.1, 0.15) is 11.5 Å². The molecule has 1 amide bonds. The summed E-state index contributed by atoms with van der Waals surface area (Å²) < 4.78 is 11.4. The number of carboxylic acids is 1. The topological polar surface area (TPSA) is 84.9 Å². The van der Waals surface area contributed by atoms with Crippen LogP contribution in [0, 0.1) is 0 Å². The van der Waals surface area contributed by atoms with Crippen molar-refractivity contribution in [3.63, 3.8) is 0 Å². The Hall–Kier alpha value is -3.02. The highest BCUT2D eigenvalue weighted by molar-refractivity contribution is 5.98. The lowest BCUT2D eigenvalue weighted by atomic mass is 10.0. The quantitative estimate of drug-likeness (QED) is 0.888. The predicted octanol–water partition coefficient (Wildman–Crippen LogP) is 3.56. The molecule has 2 aromatic rings. The molecule has 1 aliphatic heterocycles. The van der Waals surface area contributed by atoms with Gasteiger partial charge in [0.25, 0.3) is 5.91 Å². The zero-order valence-electron chi connectivity index (χ0n) is 14.2. The summed E-state index contributed by atoms with van der Waals surface area (Å²) in [6.45, 7) is 5.43. The molecule has 1 atom stereocenters. The molecular formula is C19H19NO5. The van der Waals surface area contributed by atoms with Crippen LogP contribution in [0.2, 0.25) is 0 Å². The van der Waals surface area contributed by atoms with E-state index in [0.717, 1.165) is 11.1 Å². The smallest absolute Gasteiger partial charge is 0.335 e. The molecule has 1 heterocycles. The highest BCUT2D eigenvalue weighted by atomic mass is 16.5. The van der Waals surface area contributed by atoms with E-state index >= 15 is 0 Å². The lowest BCUT2D eigenvalue weighted by Crippen LogP contribution is -2.34. The van der Waals surface area contributed by atoms with Gasteiger partial charge in [-0.05, 0) is 56.7 Å². The highest BCUT2D eigenvalue weighted by Crippen LogP contribution is 2.38. The number of nitrogens with one attached hydrogen (secondary N) is 1. The molecule has 0 saturated heterocycles. The van der Waals surface area contributed by atoms with E-state index in [1.807, 2.05) is 19.9 Å². The van der Waals surface area contributed by atoms with E-state index in [0.29, 0.717) is 17.2 Å². The first-order valence-electron chi connectivity index (χ1n) is 8.01. The van der Waals surface area contributed by atoms with Crippen LogP contribution in [0.1, 0.15) is 31.1 Å². The SMILES string of the molecule is CC(C)Oc1cc(C(=O)O)ccc1-c1ccc2c(c1)NC(=O)C(C)O2. The molecule has 0 aliphatic carbocycles. The molecule has 0 fully saturated rings. The van der Waals surface area contributed by atoms with Crippen LogP contribution in [0.5, 0.6) is 11.5 Å². The van der Waals surface area contributed by atoms with E-state index in [1.54, 1.807) is 25.1 Å². The number of benzene rings is 2. The van der Waals surface area contributed by atoms with Gasteiger partial charge in [0.2, 0.25) is 0 Å². The minimum Gasteiger partial charge on any atom is -0.490 e. The number of carboxylic acid groups (broad SMARTS) is 1. The van der Waals surface area contributed by atoms with E-state index < -0.39 is 12.1 Å². The van der Waals surface area contributed by atoms with Gasteiger partial charge in [0.05, 0.1) is 17.4 Å². The summed E-state index contributed by atoms with van der Waals surface area (Å²) in [5.74, 6) is -0.139. The second-order valence-corrected chi connectivity index (χ2v) is 6.14. The molecule has 6 heteroatoms. The predicted molar refractivity (Wildman–Crippen MR) is 93.3 cm³/mol. The van der Waals surface area contributed by atoms with Gasteiger partial charge in [-0.15, -0.1) is 0 Å². The Bertz CT molecular complexity index is 844. The Labute approximate surface area is 145 Å². The monoisotopic (exact) mass is 341 g/mol. The van der Waals surface area contributed by atoms with E-state index in [9.17, 15) is 14.7 Å². The summed E-state index contributed by atoms with van der Waals surface area (Å²) in [6.07, 6.45) is -0.641. The molecule has 0 saturated carbocycles. The number of aromatic carboxylic acids is 1. The molecular weight excluding hydrogens is 322 g/mol. The first kappa shape index (κ1) is 16.8. The number of anilines is 1. The van der Waals surface area contributed by atoms with Crippen LogP contribution < -0.4 is 14.8 Å². The van der Waals surface area contributed by atoms with Crippen molar-refractivity contribution in [1.29, 1.82) is 0 Å². The Morgan fingerprint density at radius 1 is 1.24 bits per heavy atom. The lowest BCUT2D eigenvalue weighted by Gasteiger charge is -2.24. The van der Waals surface area contributed by atoms with E-state index in [1.165, 1.54) is 12.1 Å². The maximum absolute atomic E-state index is 11.8. The van der Waals surface area contributed by atoms with E-state index in [2.05, 4.69) is 5.32 Å². The number of ether oxygens (including phenoxy) is 2.